The van der Waals surface area contributed by atoms with Gasteiger partial charge < -0.3 is 10.6 Å². The van der Waals surface area contributed by atoms with Gasteiger partial charge in [0.2, 0.25) is 5.91 Å². The van der Waals surface area contributed by atoms with E-state index in [0.29, 0.717) is 22.9 Å². The fourth-order valence-electron chi connectivity index (χ4n) is 3.60. The zero-order valence-electron chi connectivity index (χ0n) is 16.9. The summed E-state index contributed by atoms with van der Waals surface area (Å²) in [5.74, 6) is 0.0951. The maximum atomic E-state index is 13.1. The number of amides is 2. The molecular formula is C24H23BrN2O2S2. The molecule has 0 saturated carbocycles. The first-order chi connectivity index (χ1) is 15.1. The van der Waals surface area contributed by atoms with Gasteiger partial charge in [-0.3, -0.25) is 9.59 Å². The van der Waals surface area contributed by atoms with Gasteiger partial charge in [0.05, 0.1) is 11.3 Å². The number of carbonyl (C=O) groups is 2. The Balaban J connectivity index is 1.46. The van der Waals surface area contributed by atoms with Crippen LogP contribution < -0.4 is 10.6 Å². The molecule has 3 aromatic rings. The summed E-state index contributed by atoms with van der Waals surface area (Å²) in [6.45, 7) is 0.469. The molecule has 0 aliphatic heterocycles. The summed E-state index contributed by atoms with van der Waals surface area (Å²) in [6.07, 6.45) is 4.08. The molecule has 0 atom stereocenters. The van der Waals surface area contributed by atoms with Gasteiger partial charge in [-0.1, -0.05) is 46.3 Å². The molecule has 0 radical (unpaired) electrons. The Hall–Kier alpha value is -2.09. The van der Waals surface area contributed by atoms with Crippen molar-refractivity contribution in [2.75, 3.05) is 11.1 Å². The zero-order chi connectivity index (χ0) is 21.6. The summed E-state index contributed by atoms with van der Waals surface area (Å²) in [7, 11) is 0. The number of hydrogen-bond donors (Lipinski definition) is 2. The number of nitrogens with one attached hydrogen (secondary N) is 2. The van der Waals surface area contributed by atoms with Crippen LogP contribution in [-0.4, -0.2) is 17.6 Å². The molecule has 0 fully saturated rings. The summed E-state index contributed by atoms with van der Waals surface area (Å²) in [5.41, 5.74) is 2.81. The van der Waals surface area contributed by atoms with Gasteiger partial charge in [0, 0.05) is 20.8 Å². The monoisotopic (exact) mass is 514 g/mol. The van der Waals surface area contributed by atoms with Gasteiger partial charge in [-0.2, -0.15) is 0 Å². The lowest BCUT2D eigenvalue weighted by atomic mass is 9.95. The predicted molar refractivity (Wildman–Crippen MR) is 132 cm³/mol. The van der Waals surface area contributed by atoms with Crippen molar-refractivity contribution in [2.45, 2.75) is 37.1 Å². The molecule has 2 N–H and O–H groups in total. The number of thiophene rings is 1. The van der Waals surface area contributed by atoms with Crippen LogP contribution >= 0.6 is 39.0 Å². The molecule has 1 aliphatic rings. The van der Waals surface area contributed by atoms with Gasteiger partial charge in [-0.15, -0.1) is 23.1 Å². The highest BCUT2D eigenvalue weighted by Crippen LogP contribution is 2.38. The average molecular weight is 515 g/mol. The molecule has 0 spiro atoms. The van der Waals surface area contributed by atoms with E-state index in [0.717, 1.165) is 46.2 Å². The Morgan fingerprint density at radius 2 is 1.74 bits per heavy atom. The third kappa shape index (κ3) is 5.79. The first-order valence-electron chi connectivity index (χ1n) is 10.2. The summed E-state index contributed by atoms with van der Waals surface area (Å²) in [4.78, 5) is 28.0. The van der Waals surface area contributed by atoms with Crippen LogP contribution in [0.5, 0.6) is 0 Å². The van der Waals surface area contributed by atoms with Gasteiger partial charge in [-0.25, -0.2) is 0 Å². The summed E-state index contributed by atoms with van der Waals surface area (Å²) >= 11 is 6.46. The number of rotatable bonds is 7. The minimum atomic E-state index is -0.112. The molecule has 4 rings (SSSR count). The number of fused-ring (bicyclic) bond motifs is 1. The van der Waals surface area contributed by atoms with Crippen molar-refractivity contribution in [1.29, 1.82) is 0 Å². The molecule has 2 aromatic carbocycles. The molecule has 1 aromatic heterocycles. The van der Waals surface area contributed by atoms with E-state index in [1.807, 2.05) is 54.6 Å². The highest BCUT2D eigenvalue weighted by atomic mass is 79.9. The maximum absolute atomic E-state index is 13.1. The summed E-state index contributed by atoms with van der Waals surface area (Å²) in [5, 5.41) is 6.73. The minimum Gasteiger partial charge on any atom is -0.348 e. The van der Waals surface area contributed by atoms with Crippen LogP contribution in [0.4, 0.5) is 5.00 Å². The average Bonchev–Trinajstić information content (AvgIpc) is 3.15. The zero-order valence-corrected chi connectivity index (χ0v) is 20.2. The van der Waals surface area contributed by atoms with E-state index in [2.05, 4.69) is 26.6 Å². The summed E-state index contributed by atoms with van der Waals surface area (Å²) in [6, 6.07) is 17.7. The number of hydrogen-bond acceptors (Lipinski definition) is 4. The fourth-order valence-corrected chi connectivity index (χ4v) is 5.87. The molecule has 1 heterocycles. The Morgan fingerprint density at radius 3 is 2.52 bits per heavy atom. The largest absolute Gasteiger partial charge is 0.348 e. The first kappa shape index (κ1) is 22.1. The smallest absolute Gasteiger partial charge is 0.254 e. The van der Waals surface area contributed by atoms with Crippen LogP contribution in [0, 0.1) is 0 Å². The number of halogens is 1. The quantitative estimate of drug-likeness (QED) is 0.377. The molecular weight excluding hydrogens is 492 g/mol. The predicted octanol–water partition coefficient (Wildman–Crippen LogP) is 6.05. The van der Waals surface area contributed by atoms with E-state index < -0.39 is 0 Å². The summed E-state index contributed by atoms with van der Waals surface area (Å²) < 4.78 is 1.01. The van der Waals surface area contributed by atoms with E-state index >= 15 is 0 Å². The van der Waals surface area contributed by atoms with Crippen LogP contribution in [0.2, 0.25) is 0 Å². The number of thioether (sulfide) groups is 1. The number of aryl methyl sites for hydroxylation is 1. The van der Waals surface area contributed by atoms with Gasteiger partial charge in [0.15, 0.2) is 0 Å². The molecule has 31 heavy (non-hydrogen) atoms. The van der Waals surface area contributed by atoms with Crippen molar-refractivity contribution in [3.05, 3.63) is 80.6 Å². The third-order valence-corrected chi connectivity index (χ3v) is 7.88. The van der Waals surface area contributed by atoms with Crippen LogP contribution in [0.25, 0.3) is 0 Å². The second-order valence-electron chi connectivity index (χ2n) is 7.37. The highest BCUT2D eigenvalue weighted by Gasteiger charge is 2.26. The fraction of sp³-hybridized carbons (Fsp3) is 0.250. The molecule has 7 heteroatoms. The van der Waals surface area contributed by atoms with Gasteiger partial charge in [0.25, 0.3) is 5.91 Å². The van der Waals surface area contributed by atoms with Crippen LogP contribution in [0.15, 0.2) is 64.0 Å². The van der Waals surface area contributed by atoms with Crippen molar-refractivity contribution in [2.24, 2.45) is 0 Å². The number of anilines is 1. The van der Waals surface area contributed by atoms with Crippen molar-refractivity contribution in [3.63, 3.8) is 0 Å². The molecule has 4 nitrogen and oxygen atoms in total. The van der Waals surface area contributed by atoms with Crippen LogP contribution in [0.3, 0.4) is 0 Å². The topological polar surface area (TPSA) is 58.2 Å². The number of benzene rings is 2. The van der Waals surface area contributed by atoms with E-state index in [-0.39, 0.29) is 11.8 Å². The highest BCUT2D eigenvalue weighted by molar-refractivity contribution is 9.10. The second kappa shape index (κ2) is 10.5. The van der Waals surface area contributed by atoms with Crippen LogP contribution in [-0.2, 0) is 24.2 Å². The SMILES string of the molecule is O=C(CSc1ccc(Br)cc1)Nc1sc2c(c1C(=O)NCc1ccccc1)CCCC2. The lowest BCUT2D eigenvalue weighted by Gasteiger charge is -2.13. The van der Waals surface area contributed by atoms with E-state index in [9.17, 15) is 9.59 Å². The second-order valence-corrected chi connectivity index (χ2v) is 10.4. The van der Waals surface area contributed by atoms with Crippen molar-refractivity contribution in [1.82, 2.24) is 5.32 Å². The Kier molecular flexibility index (Phi) is 7.48. The van der Waals surface area contributed by atoms with Gasteiger partial charge in [0.1, 0.15) is 5.00 Å². The molecule has 0 bridgehead atoms. The standard InChI is InChI=1S/C24H23BrN2O2S2/c25-17-10-12-18(13-11-17)30-15-21(28)27-24-22(19-8-4-5-9-20(19)31-24)23(29)26-14-16-6-2-1-3-7-16/h1-3,6-7,10-13H,4-5,8-9,14-15H2,(H,26,29)(H,27,28). The molecule has 0 unspecified atom stereocenters. The van der Waals surface area contributed by atoms with Crippen molar-refractivity contribution in [3.8, 4) is 0 Å². The molecule has 2 amide bonds. The molecule has 0 saturated heterocycles. The third-order valence-electron chi connectivity index (χ3n) is 5.13. The van der Waals surface area contributed by atoms with Gasteiger partial charge in [-0.05, 0) is 61.1 Å². The first-order valence-corrected chi connectivity index (χ1v) is 12.8. The van der Waals surface area contributed by atoms with Crippen molar-refractivity contribution < 1.29 is 9.59 Å². The Bertz CT molecular complexity index is 1070. The Labute approximate surface area is 199 Å². The number of carbonyl (C=O) groups excluding carboxylic acids is 2. The molecule has 160 valence electrons. The maximum Gasteiger partial charge on any atom is 0.254 e. The lowest BCUT2D eigenvalue weighted by Crippen LogP contribution is -2.25. The minimum absolute atomic E-state index is 0.0939. The Morgan fingerprint density at radius 1 is 1.00 bits per heavy atom. The lowest BCUT2D eigenvalue weighted by molar-refractivity contribution is -0.113. The van der Waals surface area contributed by atoms with Crippen molar-refractivity contribution >= 4 is 55.8 Å². The van der Waals surface area contributed by atoms with E-state index in [4.69, 9.17) is 0 Å². The normalized spacial score (nSPS) is 12.8. The van der Waals surface area contributed by atoms with Crippen LogP contribution in [0.1, 0.15) is 39.2 Å². The van der Waals surface area contributed by atoms with E-state index in [1.54, 1.807) is 11.3 Å². The van der Waals surface area contributed by atoms with Gasteiger partial charge >= 0.3 is 0 Å². The van der Waals surface area contributed by atoms with E-state index in [1.165, 1.54) is 16.6 Å². The molecule has 1 aliphatic carbocycles.